The van der Waals surface area contributed by atoms with Crippen LogP contribution in [-0.2, 0) is 9.53 Å². The van der Waals surface area contributed by atoms with Crippen LogP contribution in [0.5, 0.6) is 0 Å². The third-order valence-electron chi connectivity index (χ3n) is 2.80. The van der Waals surface area contributed by atoms with E-state index in [-0.39, 0.29) is 18.6 Å². The van der Waals surface area contributed by atoms with Gasteiger partial charge in [-0.25, -0.2) is 0 Å². The Labute approximate surface area is 104 Å². The summed E-state index contributed by atoms with van der Waals surface area (Å²) in [5.74, 6) is -0.283. The van der Waals surface area contributed by atoms with Crippen LogP contribution in [0.25, 0.3) is 0 Å². The number of ether oxygens (including phenoxy) is 1. The van der Waals surface area contributed by atoms with Gasteiger partial charge in [-0.05, 0) is 19.8 Å². The van der Waals surface area contributed by atoms with Crippen molar-refractivity contribution < 1.29 is 22.7 Å². The molecule has 0 aromatic heterocycles. The van der Waals surface area contributed by atoms with E-state index in [1.165, 1.54) is 0 Å². The molecule has 0 aliphatic carbocycles. The average molecular weight is 268 g/mol. The second kappa shape index (κ2) is 6.94. The first-order chi connectivity index (χ1) is 8.42. The second-order valence-electron chi connectivity index (χ2n) is 4.25. The topological polar surface area (TPSA) is 41.6 Å². The van der Waals surface area contributed by atoms with E-state index >= 15 is 0 Å². The summed E-state index contributed by atoms with van der Waals surface area (Å²) in [6.07, 6.45) is -2.61. The summed E-state index contributed by atoms with van der Waals surface area (Å²) in [4.78, 5) is 13.2. The summed E-state index contributed by atoms with van der Waals surface area (Å²) in [7, 11) is 0. The van der Waals surface area contributed by atoms with Crippen molar-refractivity contribution in [3.63, 3.8) is 0 Å². The first-order valence-electron chi connectivity index (χ1n) is 6.09. The Morgan fingerprint density at radius 3 is 2.50 bits per heavy atom. The zero-order chi connectivity index (χ0) is 13.6. The van der Waals surface area contributed by atoms with Crippen LogP contribution in [0.4, 0.5) is 13.2 Å². The van der Waals surface area contributed by atoms with Crippen molar-refractivity contribution in [3.05, 3.63) is 0 Å². The molecule has 4 nitrogen and oxygen atoms in total. The molecule has 1 amide bonds. The van der Waals surface area contributed by atoms with Crippen molar-refractivity contribution in [2.45, 2.75) is 32.0 Å². The highest BCUT2D eigenvalue weighted by molar-refractivity contribution is 5.78. The van der Waals surface area contributed by atoms with Crippen molar-refractivity contribution in [2.24, 2.45) is 0 Å². The summed E-state index contributed by atoms with van der Waals surface area (Å²) in [6.45, 7) is 2.27. The number of hydrogen-bond acceptors (Lipinski definition) is 3. The van der Waals surface area contributed by atoms with E-state index < -0.39 is 12.7 Å². The largest absolute Gasteiger partial charge is 0.401 e. The monoisotopic (exact) mass is 268 g/mol. The molecule has 0 saturated carbocycles. The molecule has 0 unspecified atom stereocenters. The minimum Gasteiger partial charge on any atom is -0.378 e. The SMILES string of the molecule is CCOC1CCN(C(=O)CNCC(F)(F)F)CC1. The fourth-order valence-corrected chi connectivity index (χ4v) is 1.93. The zero-order valence-corrected chi connectivity index (χ0v) is 10.4. The molecule has 1 heterocycles. The molecule has 0 radical (unpaired) electrons. The molecule has 0 atom stereocenters. The predicted octanol–water partition coefficient (Wildman–Crippen LogP) is 1.17. The minimum absolute atomic E-state index is 0.169. The molecule has 0 aromatic rings. The number of nitrogens with one attached hydrogen (secondary N) is 1. The maximum Gasteiger partial charge on any atom is 0.401 e. The van der Waals surface area contributed by atoms with Crippen LogP contribution >= 0.6 is 0 Å². The minimum atomic E-state index is -4.28. The van der Waals surface area contributed by atoms with Gasteiger partial charge in [0.25, 0.3) is 0 Å². The number of amides is 1. The molecular formula is C11H19F3N2O2. The van der Waals surface area contributed by atoms with Crippen molar-refractivity contribution in [1.82, 2.24) is 10.2 Å². The summed E-state index contributed by atoms with van der Waals surface area (Å²) in [5.41, 5.74) is 0. The Morgan fingerprint density at radius 1 is 1.39 bits per heavy atom. The molecule has 106 valence electrons. The Hall–Kier alpha value is -0.820. The van der Waals surface area contributed by atoms with E-state index in [9.17, 15) is 18.0 Å². The van der Waals surface area contributed by atoms with E-state index in [4.69, 9.17) is 4.74 Å². The highest BCUT2D eigenvalue weighted by Crippen LogP contribution is 2.14. The number of halogens is 3. The van der Waals surface area contributed by atoms with E-state index in [2.05, 4.69) is 5.32 Å². The quantitative estimate of drug-likeness (QED) is 0.813. The van der Waals surface area contributed by atoms with Crippen LogP contribution in [0.1, 0.15) is 19.8 Å². The van der Waals surface area contributed by atoms with Gasteiger partial charge >= 0.3 is 6.18 Å². The zero-order valence-electron chi connectivity index (χ0n) is 10.4. The van der Waals surface area contributed by atoms with Crippen LogP contribution < -0.4 is 5.32 Å². The van der Waals surface area contributed by atoms with Crippen molar-refractivity contribution in [2.75, 3.05) is 32.8 Å². The van der Waals surface area contributed by atoms with Gasteiger partial charge in [-0.15, -0.1) is 0 Å². The molecule has 1 N–H and O–H groups in total. The fraction of sp³-hybridized carbons (Fsp3) is 0.909. The lowest BCUT2D eigenvalue weighted by atomic mass is 10.1. The third-order valence-corrected chi connectivity index (χ3v) is 2.80. The van der Waals surface area contributed by atoms with E-state index in [1.807, 2.05) is 6.92 Å². The lowest BCUT2D eigenvalue weighted by Gasteiger charge is -2.31. The first kappa shape index (κ1) is 15.2. The Morgan fingerprint density at radius 2 is 2.00 bits per heavy atom. The highest BCUT2D eigenvalue weighted by atomic mass is 19.4. The number of rotatable bonds is 5. The Kier molecular flexibility index (Phi) is 5.87. The van der Waals surface area contributed by atoms with Crippen molar-refractivity contribution in [3.8, 4) is 0 Å². The first-order valence-corrected chi connectivity index (χ1v) is 6.09. The Balaban J connectivity index is 2.20. The van der Waals surface area contributed by atoms with Gasteiger partial charge in [-0.1, -0.05) is 0 Å². The molecule has 0 aromatic carbocycles. The molecule has 1 rings (SSSR count). The highest BCUT2D eigenvalue weighted by Gasteiger charge is 2.28. The Bertz CT molecular complexity index is 264. The van der Waals surface area contributed by atoms with Gasteiger partial charge in [0.1, 0.15) is 0 Å². The third kappa shape index (κ3) is 5.68. The maximum atomic E-state index is 11.9. The summed E-state index contributed by atoms with van der Waals surface area (Å²) in [6, 6.07) is 0. The molecule has 1 aliphatic heterocycles. The predicted molar refractivity (Wildman–Crippen MR) is 60.2 cm³/mol. The number of carbonyl (C=O) groups excluding carboxylic acids is 1. The number of alkyl halides is 3. The van der Waals surface area contributed by atoms with Gasteiger partial charge < -0.3 is 15.0 Å². The van der Waals surface area contributed by atoms with Gasteiger partial charge in [0.15, 0.2) is 0 Å². The van der Waals surface area contributed by atoms with Gasteiger partial charge in [0.2, 0.25) is 5.91 Å². The summed E-state index contributed by atoms with van der Waals surface area (Å²) in [5, 5.41) is 2.11. The number of carbonyl (C=O) groups is 1. The van der Waals surface area contributed by atoms with Crippen LogP contribution in [0.15, 0.2) is 0 Å². The fourth-order valence-electron chi connectivity index (χ4n) is 1.93. The summed E-state index contributed by atoms with van der Waals surface area (Å²) < 4.78 is 41.1. The van der Waals surface area contributed by atoms with Crippen molar-refractivity contribution in [1.29, 1.82) is 0 Å². The van der Waals surface area contributed by atoms with Crippen LogP contribution in [0, 0.1) is 0 Å². The average Bonchev–Trinajstić information content (AvgIpc) is 2.28. The van der Waals surface area contributed by atoms with Gasteiger partial charge in [-0.3, -0.25) is 4.79 Å². The van der Waals surface area contributed by atoms with Gasteiger partial charge in [0.05, 0.1) is 19.2 Å². The normalized spacial score (nSPS) is 18.1. The number of hydrogen-bond donors (Lipinski definition) is 1. The van der Waals surface area contributed by atoms with E-state index in [0.29, 0.717) is 19.7 Å². The number of likely N-dealkylation sites (tertiary alicyclic amines) is 1. The van der Waals surface area contributed by atoms with E-state index in [0.717, 1.165) is 12.8 Å². The lowest BCUT2D eigenvalue weighted by Crippen LogP contribution is -2.45. The van der Waals surface area contributed by atoms with Crippen LogP contribution in [-0.4, -0.2) is 55.9 Å². The van der Waals surface area contributed by atoms with Gasteiger partial charge in [0, 0.05) is 19.7 Å². The standard InChI is InChI=1S/C11H19F3N2O2/c1-2-18-9-3-5-16(6-4-9)10(17)7-15-8-11(12,13)14/h9,15H,2-8H2,1H3. The molecule has 1 aliphatic rings. The number of piperidine rings is 1. The van der Waals surface area contributed by atoms with Crippen molar-refractivity contribution >= 4 is 5.91 Å². The summed E-state index contributed by atoms with van der Waals surface area (Å²) >= 11 is 0. The molecule has 18 heavy (non-hydrogen) atoms. The van der Waals surface area contributed by atoms with Crippen LogP contribution in [0.2, 0.25) is 0 Å². The molecule has 0 bridgehead atoms. The molecule has 7 heteroatoms. The lowest BCUT2D eigenvalue weighted by molar-refractivity contribution is -0.136. The molecule has 0 spiro atoms. The molecule has 1 saturated heterocycles. The van der Waals surface area contributed by atoms with Crippen LogP contribution in [0.3, 0.4) is 0 Å². The smallest absolute Gasteiger partial charge is 0.378 e. The second-order valence-corrected chi connectivity index (χ2v) is 4.25. The molecular weight excluding hydrogens is 249 g/mol. The maximum absolute atomic E-state index is 11.9. The molecule has 1 fully saturated rings. The van der Waals surface area contributed by atoms with E-state index in [1.54, 1.807) is 4.90 Å². The van der Waals surface area contributed by atoms with Gasteiger partial charge in [-0.2, -0.15) is 13.2 Å². The number of nitrogens with zero attached hydrogens (tertiary/aromatic N) is 1.